The number of fused-ring (bicyclic) bond motifs is 1. The lowest BCUT2D eigenvalue weighted by atomic mass is 9.99. The molecule has 1 aromatic carbocycles. The van der Waals surface area contributed by atoms with E-state index in [4.69, 9.17) is 0 Å². The molecule has 108 valence electrons. The molecule has 1 N–H and O–H groups in total. The molecule has 2 heterocycles. The highest BCUT2D eigenvalue weighted by atomic mass is 35.5. The van der Waals surface area contributed by atoms with E-state index in [0.29, 0.717) is 12.1 Å². The van der Waals surface area contributed by atoms with Crippen LogP contribution in [-0.4, -0.2) is 11.7 Å². The van der Waals surface area contributed by atoms with Crippen molar-refractivity contribution in [3.63, 3.8) is 0 Å². The Morgan fingerprint density at radius 3 is 2.67 bits per heavy atom. The second-order valence-corrected chi connectivity index (χ2v) is 4.98. The molecule has 0 saturated carbocycles. The van der Waals surface area contributed by atoms with Crippen LogP contribution < -0.4 is 22.3 Å². The highest BCUT2D eigenvalue weighted by Gasteiger charge is 2.27. The van der Waals surface area contributed by atoms with Crippen LogP contribution in [0.15, 0.2) is 48.8 Å². The number of hydrogen-bond donors (Lipinski definition) is 1. The first-order chi connectivity index (χ1) is 9.65. The summed E-state index contributed by atoms with van der Waals surface area (Å²) >= 11 is 0. The van der Waals surface area contributed by atoms with Gasteiger partial charge in [0.2, 0.25) is 18.2 Å². The van der Waals surface area contributed by atoms with Crippen molar-refractivity contribution in [1.29, 1.82) is 0 Å². The van der Waals surface area contributed by atoms with Gasteiger partial charge < -0.3 is 17.7 Å². The maximum atomic E-state index is 12.3. The van der Waals surface area contributed by atoms with Crippen molar-refractivity contribution in [3.8, 4) is 0 Å². The molecular weight excluding hydrogens is 288 g/mol. The normalized spacial score (nSPS) is 15.9. The number of ketones is 1. The van der Waals surface area contributed by atoms with Crippen molar-refractivity contribution in [2.75, 3.05) is 5.32 Å². The van der Waals surface area contributed by atoms with Crippen LogP contribution in [0.3, 0.4) is 0 Å². The first-order valence-electron chi connectivity index (χ1n) is 6.57. The monoisotopic (exact) mass is 302 g/mol. The fourth-order valence-corrected chi connectivity index (χ4v) is 2.39. The number of carbonyl (C=O) groups is 2. The third-order valence-corrected chi connectivity index (χ3v) is 3.59. The van der Waals surface area contributed by atoms with E-state index < -0.39 is 0 Å². The average molecular weight is 303 g/mol. The van der Waals surface area contributed by atoms with Crippen LogP contribution in [0.2, 0.25) is 0 Å². The molecule has 1 amide bonds. The summed E-state index contributed by atoms with van der Waals surface area (Å²) in [6, 6.07) is 11.1. The maximum Gasteiger partial charge on any atom is 0.231 e. The molecule has 1 aromatic heterocycles. The zero-order chi connectivity index (χ0) is 14.1. The highest BCUT2D eigenvalue weighted by Crippen LogP contribution is 2.32. The molecule has 3 rings (SSSR count). The number of aromatic nitrogens is 1. The molecular formula is C16H15ClN2O2. The molecule has 4 nitrogen and oxygen atoms in total. The number of anilines is 1. The molecule has 5 heteroatoms. The van der Waals surface area contributed by atoms with Crippen LogP contribution in [0.25, 0.3) is 0 Å². The number of nitrogens with one attached hydrogen (secondary N) is 1. The lowest BCUT2D eigenvalue weighted by Crippen LogP contribution is -3.00. The third-order valence-electron chi connectivity index (χ3n) is 3.59. The maximum absolute atomic E-state index is 12.3. The number of nitrogens with zero attached hydrogens (tertiary/aromatic N) is 1. The SMILES string of the molecule is CC1C(=O)Nc2ccc(C(=O)C[n+]3ccccc3)cc21.[Cl-]. The summed E-state index contributed by atoms with van der Waals surface area (Å²) in [5, 5.41) is 2.81. The summed E-state index contributed by atoms with van der Waals surface area (Å²) in [6.45, 7) is 2.15. The van der Waals surface area contributed by atoms with Gasteiger partial charge in [-0.15, -0.1) is 0 Å². The van der Waals surface area contributed by atoms with Crippen molar-refractivity contribution >= 4 is 17.4 Å². The number of halogens is 1. The summed E-state index contributed by atoms with van der Waals surface area (Å²) in [6.07, 6.45) is 3.72. The zero-order valence-electron chi connectivity index (χ0n) is 11.5. The van der Waals surface area contributed by atoms with E-state index in [0.717, 1.165) is 11.3 Å². The Morgan fingerprint density at radius 2 is 1.95 bits per heavy atom. The Bertz CT molecular complexity index is 686. The summed E-state index contributed by atoms with van der Waals surface area (Å²) in [4.78, 5) is 23.9. The fourth-order valence-electron chi connectivity index (χ4n) is 2.39. The van der Waals surface area contributed by atoms with E-state index in [1.54, 1.807) is 12.1 Å². The number of amides is 1. The van der Waals surface area contributed by atoms with Gasteiger partial charge in [0.1, 0.15) is 0 Å². The molecule has 0 spiro atoms. The number of Topliss-reactive ketones (excluding diaryl/α,β-unsaturated/α-hetero) is 1. The minimum Gasteiger partial charge on any atom is -1.00 e. The minimum absolute atomic E-state index is 0. The largest absolute Gasteiger partial charge is 1.00 e. The summed E-state index contributed by atoms with van der Waals surface area (Å²) in [7, 11) is 0. The van der Waals surface area contributed by atoms with E-state index in [2.05, 4.69) is 5.32 Å². The number of rotatable bonds is 3. The van der Waals surface area contributed by atoms with Gasteiger partial charge in [0.15, 0.2) is 12.4 Å². The Morgan fingerprint density at radius 1 is 1.24 bits per heavy atom. The molecule has 1 atom stereocenters. The van der Waals surface area contributed by atoms with Crippen LogP contribution in [0, 0.1) is 0 Å². The molecule has 1 aliphatic rings. The Balaban J connectivity index is 0.00000161. The number of benzene rings is 1. The second-order valence-electron chi connectivity index (χ2n) is 4.98. The first-order valence-corrected chi connectivity index (χ1v) is 6.57. The van der Waals surface area contributed by atoms with Gasteiger partial charge in [-0.1, -0.05) is 6.07 Å². The van der Waals surface area contributed by atoms with Gasteiger partial charge in [-0.05, 0) is 30.7 Å². The van der Waals surface area contributed by atoms with Gasteiger partial charge in [0.05, 0.1) is 5.92 Å². The molecule has 1 aliphatic heterocycles. The average Bonchev–Trinajstić information content (AvgIpc) is 2.75. The predicted molar refractivity (Wildman–Crippen MR) is 74.5 cm³/mol. The minimum atomic E-state index is -0.192. The first kappa shape index (κ1) is 15.2. The molecule has 0 aliphatic carbocycles. The molecule has 2 aromatic rings. The number of hydrogen-bond acceptors (Lipinski definition) is 2. The summed E-state index contributed by atoms with van der Waals surface area (Å²) in [5.41, 5.74) is 2.36. The molecule has 0 bridgehead atoms. The fraction of sp³-hybridized carbons (Fsp3) is 0.188. The van der Waals surface area contributed by atoms with Crippen molar-refractivity contribution in [2.24, 2.45) is 0 Å². The van der Waals surface area contributed by atoms with Crippen molar-refractivity contribution < 1.29 is 26.6 Å². The quantitative estimate of drug-likeness (QED) is 0.579. The Labute approximate surface area is 129 Å². The summed E-state index contributed by atoms with van der Waals surface area (Å²) in [5.74, 6) is -0.167. The molecule has 21 heavy (non-hydrogen) atoms. The van der Waals surface area contributed by atoms with Gasteiger partial charge in [0.25, 0.3) is 0 Å². The molecule has 0 radical (unpaired) electrons. The van der Waals surface area contributed by atoms with Gasteiger partial charge in [-0.2, -0.15) is 4.57 Å². The van der Waals surface area contributed by atoms with Gasteiger partial charge in [-0.25, -0.2) is 0 Å². The van der Waals surface area contributed by atoms with Crippen LogP contribution in [0.1, 0.15) is 28.8 Å². The Hall–Kier alpha value is -2.20. The van der Waals surface area contributed by atoms with E-state index >= 15 is 0 Å². The number of carbonyl (C=O) groups excluding carboxylic acids is 2. The van der Waals surface area contributed by atoms with Gasteiger partial charge in [-0.3, -0.25) is 9.59 Å². The molecule has 1 unspecified atom stereocenters. The molecule has 0 saturated heterocycles. The van der Waals surface area contributed by atoms with Crippen molar-refractivity contribution in [2.45, 2.75) is 19.4 Å². The van der Waals surface area contributed by atoms with E-state index in [1.165, 1.54) is 0 Å². The predicted octanol–water partition coefficient (Wildman–Crippen LogP) is -1.08. The van der Waals surface area contributed by atoms with Crippen LogP contribution in [0.4, 0.5) is 5.69 Å². The smallest absolute Gasteiger partial charge is 0.231 e. The van der Waals surface area contributed by atoms with E-state index in [-0.39, 0.29) is 30.0 Å². The standard InChI is InChI=1S/C16H14N2O2.ClH/c1-11-13-9-12(5-6-14(13)17-16(11)20)15(19)10-18-7-3-2-4-8-18;/h2-9,11H,10H2,1H3;1H. The van der Waals surface area contributed by atoms with E-state index in [9.17, 15) is 9.59 Å². The van der Waals surface area contributed by atoms with Gasteiger partial charge in [0, 0.05) is 23.4 Å². The highest BCUT2D eigenvalue weighted by molar-refractivity contribution is 6.04. The van der Waals surface area contributed by atoms with Crippen LogP contribution in [0.5, 0.6) is 0 Å². The summed E-state index contributed by atoms with van der Waals surface area (Å²) < 4.78 is 1.84. The molecule has 0 fully saturated rings. The Kier molecular flexibility index (Phi) is 4.38. The van der Waals surface area contributed by atoms with Crippen molar-refractivity contribution in [3.05, 3.63) is 59.9 Å². The second kappa shape index (κ2) is 6.06. The van der Waals surface area contributed by atoms with Gasteiger partial charge >= 0.3 is 0 Å². The van der Waals surface area contributed by atoms with Crippen molar-refractivity contribution in [1.82, 2.24) is 0 Å². The lowest BCUT2D eigenvalue weighted by Gasteiger charge is -2.04. The van der Waals surface area contributed by atoms with Crippen LogP contribution >= 0.6 is 0 Å². The third kappa shape index (κ3) is 2.95. The number of pyridine rings is 1. The zero-order valence-corrected chi connectivity index (χ0v) is 12.3. The van der Waals surface area contributed by atoms with E-state index in [1.807, 2.05) is 48.1 Å². The lowest BCUT2D eigenvalue weighted by molar-refractivity contribution is -0.683. The van der Waals surface area contributed by atoms with Crippen LogP contribution in [-0.2, 0) is 11.3 Å². The topological polar surface area (TPSA) is 50.1 Å².